The summed E-state index contributed by atoms with van der Waals surface area (Å²) in [5, 5.41) is 10.1. The van der Waals surface area contributed by atoms with Gasteiger partial charge in [-0.3, -0.25) is 10.6 Å². The summed E-state index contributed by atoms with van der Waals surface area (Å²) in [6, 6.07) is 4.16. The maximum Gasteiger partial charge on any atom is 0.132 e. The number of H-pyrrole nitrogens is 1. The van der Waals surface area contributed by atoms with Gasteiger partial charge in [0.05, 0.1) is 11.0 Å². The summed E-state index contributed by atoms with van der Waals surface area (Å²) in [4.78, 5) is 7.76. The van der Waals surface area contributed by atoms with Crippen LogP contribution in [0.25, 0.3) is 11.0 Å². The normalized spacial score (nSPS) is 16.8. The van der Waals surface area contributed by atoms with Crippen molar-refractivity contribution in [2.75, 3.05) is 18.4 Å². The van der Waals surface area contributed by atoms with Gasteiger partial charge < -0.3 is 10.3 Å². The first kappa shape index (κ1) is 10.6. The van der Waals surface area contributed by atoms with Crippen molar-refractivity contribution < 1.29 is 0 Å². The van der Waals surface area contributed by atoms with E-state index in [4.69, 9.17) is 0 Å². The fraction of sp³-hybridized carbons (Fsp3) is 0.417. The topological polar surface area (TPSA) is 64.8 Å². The third-order valence-corrected chi connectivity index (χ3v) is 3.15. The van der Waals surface area contributed by atoms with Crippen LogP contribution in [-0.4, -0.2) is 29.3 Å². The molecule has 5 heteroatoms. The Balaban J connectivity index is 1.95. The molecule has 1 aliphatic rings. The Morgan fingerprint density at radius 1 is 1.24 bits per heavy atom. The molecule has 1 aromatic heterocycles. The van der Waals surface area contributed by atoms with Gasteiger partial charge in [0, 0.05) is 24.3 Å². The first-order chi connectivity index (χ1) is 8.24. The van der Waals surface area contributed by atoms with Crippen molar-refractivity contribution in [3.63, 3.8) is 0 Å². The molecule has 17 heavy (non-hydrogen) atoms. The van der Waals surface area contributed by atoms with E-state index in [2.05, 4.69) is 45.0 Å². The zero-order valence-electron chi connectivity index (χ0n) is 10.1. The van der Waals surface area contributed by atoms with E-state index in [9.17, 15) is 0 Å². The van der Waals surface area contributed by atoms with Gasteiger partial charge in [0.25, 0.3) is 0 Å². The first-order valence-electron chi connectivity index (χ1n) is 5.93. The molecular weight excluding hydrogens is 214 g/mol. The van der Waals surface area contributed by atoms with Crippen LogP contribution in [0.3, 0.4) is 0 Å². The predicted molar refractivity (Wildman–Crippen MR) is 69.0 cm³/mol. The number of hydrogen-bond donors (Lipinski definition) is 4. The molecule has 1 aliphatic heterocycles. The van der Waals surface area contributed by atoms with Crippen LogP contribution < -0.4 is 16.0 Å². The van der Waals surface area contributed by atoms with Crippen LogP contribution in [-0.2, 0) is 0 Å². The average molecular weight is 231 g/mol. The number of nitrogens with one attached hydrogen (secondary N) is 4. The van der Waals surface area contributed by atoms with Crippen LogP contribution in [0.4, 0.5) is 5.69 Å². The van der Waals surface area contributed by atoms with Crippen molar-refractivity contribution >= 4 is 16.7 Å². The summed E-state index contributed by atoms with van der Waals surface area (Å²) in [6.07, 6.45) is 0.159. The summed E-state index contributed by atoms with van der Waals surface area (Å²) in [5.74, 6) is 0.956. The third kappa shape index (κ3) is 1.87. The molecule has 2 heterocycles. The SMILES string of the molecule is Cc1nc2c(C)c(NC3NCCN3)ccc2[nH]1. The van der Waals surface area contributed by atoms with Gasteiger partial charge in [-0.15, -0.1) is 0 Å². The third-order valence-electron chi connectivity index (χ3n) is 3.15. The Kier molecular flexibility index (Phi) is 2.49. The van der Waals surface area contributed by atoms with Crippen LogP contribution >= 0.6 is 0 Å². The number of fused-ring (bicyclic) bond motifs is 1. The standard InChI is InChI=1S/C12H17N5/c1-7-9(17-12-13-5-6-14-12)3-4-10-11(7)16-8(2)15-10/h3-4,12-14,17H,5-6H2,1-2H3,(H,15,16). The smallest absolute Gasteiger partial charge is 0.132 e. The number of imidazole rings is 1. The minimum Gasteiger partial charge on any atom is -0.357 e. The lowest BCUT2D eigenvalue weighted by Gasteiger charge is -2.16. The first-order valence-corrected chi connectivity index (χ1v) is 5.93. The van der Waals surface area contributed by atoms with Crippen molar-refractivity contribution in [2.24, 2.45) is 0 Å². The van der Waals surface area contributed by atoms with Crippen molar-refractivity contribution in [2.45, 2.75) is 20.1 Å². The van der Waals surface area contributed by atoms with Crippen molar-refractivity contribution in [3.8, 4) is 0 Å². The number of aromatic nitrogens is 2. The summed E-state index contributed by atoms with van der Waals surface area (Å²) < 4.78 is 0. The second kappa shape index (κ2) is 4.01. The van der Waals surface area contributed by atoms with E-state index in [1.165, 1.54) is 5.56 Å². The largest absolute Gasteiger partial charge is 0.357 e. The van der Waals surface area contributed by atoms with E-state index >= 15 is 0 Å². The second-order valence-electron chi connectivity index (χ2n) is 4.44. The van der Waals surface area contributed by atoms with Gasteiger partial charge in [-0.1, -0.05) is 0 Å². The minimum atomic E-state index is 0.159. The summed E-state index contributed by atoms with van der Waals surface area (Å²) in [5.41, 5.74) is 4.45. The molecule has 0 radical (unpaired) electrons. The summed E-state index contributed by atoms with van der Waals surface area (Å²) >= 11 is 0. The molecule has 0 saturated carbocycles. The number of nitrogens with zero attached hydrogens (tertiary/aromatic N) is 1. The van der Waals surface area contributed by atoms with Crippen LogP contribution in [0, 0.1) is 13.8 Å². The van der Waals surface area contributed by atoms with Gasteiger partial charge in [0.15, 0.2) is 0 Å². The Hall–Kier alpha value is -1.59. The molecule has 5 nitrogen and oxygen atoms in total. The molecule has 0 atom stereocenters. The number of anilines is 1. The lowest BCUT2D eigenvalue weighted by molar-refractivity contribution is 0.620. The minimum absolute atomic E-state index is 0.159. The Morgan fingerprint density at radius 2 is 2.00 bits per heavy atom. The number of aryl methyl sites for hydroxylation is 2. The number of aromatic amines is 1. The Morgan fingerprint density at radius 3 is 2.76 bits per heavy atom. The highest BCUT2D eigenvalue weighted by Gasteiger charge is 2.14. The van der Waals surface area contributed by atoms with Gasteiger partial charge in [0.1, 0.15) is 12.1 Å². The zero-order chi connectivity index (χ0) is 11.8. The molecule has 1 saturated heterocycles. The van der Waals surface area contributed by atoms with E-state index in [0.717, 1.165) is 35.6 Å². The van der Waals surface area contributed by atoms with E-state index < -0.39 is 0 Å². The van der Waals surface area contributed by atoms with Crippen molar-refractivity contribution in [1.29, 1.82) is 0 Å². The van der Waals surface area contributed by atoms with Gasteiger partial charge in [-0.05, 0) is 26.0 Å². The van der Waals surface area contributed by atoms with Gasteiger partial charge in [-0.25, -0.2) is 4.98 Å². The van der Waals surface area contributed by atoms with Crippen LogP contribution in [0.1, 0.15) is 11.4 Å². The Labute approximate surface area is 100 Å². The number of rotatable bonds is 2. The highest BCUT2D eigenvalue weighted by Crippen LogP contribution is 2.23. The quantitative estimate of drug-likeness (QED) is 0.624. The lowest BCUT2D eigenvalue weighted by Crippen LogP contribution is -2.38. The Bertz CT molecular complexity index is 539. The van der Waals surface area contributed by atoms with Crippen molar-refractivity contribution in [1.82, 2.24) is 20.6 Å². The van der Waals surface area contributed by atoms with Crippen molar-refractivity contribution in [3.05, 3.63) is 23.5 Å². The predicted octanol–water partition coefficient (Wildman–Crippen LogP) is 1.07. The zero-order valence-corrected chi connectivity index (χ0v) is 10.1. The summed E-state index contributed by atoms with van der Waals surface area (Å²) in [7, 11) is 0. The maximum absolute atomic E-state index is 4.51. The molecule has 2 aromatic rings. The van der Waals surface area contributed by atoms with Crippen LogP contribution in [0.5, 0.6) is 0 Å². The molecule has 0 spiro atoms. The van der Waals surface area contributed by atoms with E-state index in [-0.39, 0.29) is 6.29 Å². The molecule has 4 N–H and O–H groups in total. The molecule has 90 valence electrons. The molecular formula is C12H17N5. The molecule has 3 rings (SSSR count). The number of hydrogen-bond acceptors (Lipinski definition) is 4. The monoisotopic (exact) mass is 231 g/mol. The summed E-state index contributed by atoms with van der Waals surface area (Å²) in [6.45, 7) is 6.08. The lowest BCUT2D eigenvalue weighted by atomic mass is 10.1. The molecule has 1 fully saturated rings. The fourth-order valence-electron chi connectivity index (χ4n) is 2.25. The van der Waals surface area contributed by atoms with Gasteiger partial charge in [0.2, 0.25) is 0 Å². The van der Waals surface area contributed by atoms with E-state index in [0.29, 0.717) is 0 Å². The van der Waals surface area contributed by atoms with E-state index in [1.807, 2.05) is 6.92 Å². The van der Waals surface area contributed by atoms with Crippen LogP contribution in [0.15, 0.2) is 12.1 Å². The highest BCUT2D eigenvalue weighted by molar-refractivity contribution is 5.84. The molecule has 0 unspecified atom stereocenters. The molecule has 0 aliphatic carbocycles. The second-order valence-corrected chi connectivity index (χ2v) is 4.44. The van der Waals surface area contributed by atoms with Crippen LogP contribution in [0.2, 0.25) is 0 Å². The van der Waals surface area contributed by atoms with E-state index in [1.54, 1.807) is 0 Å². The molecule has 1 aromatic carbocycles. The maximum atomic E-state index is 4.51. The van der Waals surface area contributed by atoms with Gasteiger partial charge in [-0.2, -0.15) is 0 Å². The molecule has 0 amide bonds. The highest BCUT2D eigenvalue weighted by atomic mass is 15.3. The number of benzene rings is 1. The average Bonchev–Trinajstić information content (AvgIpc) is 2.91. The fourth-order valence-corrected chi connectivity index (χ4v) is 2.25. The molecule has 0 bridgehead atoms. The van der Waals surface area contributed by atoms with Gasteiger partial charge >= 0.3 is 0 Å².